The van der Waals surface area contributed by atoms with Gasteiger partial charge in [-0.15, -0.1) is 0 Å². The molecule has 8 heteroatoms. The van der Waals surface area contributed by atoms with Crippen LogP contribution in [0.1, 0.15) is 12.0 Å². The summed E-state index contributed by atoms with van der Waals surface area (Å²) >= 11 is 0. The van der Waals surface area contributed by atoms with Gasteiger partial charge < -0.3 is 4.90 Å². The smallest absolute Gasteiger partial charge is 0.320 e. The number of pyridine rings is 1. The highest BCUT2D eigenvalue weighted by molar-refractivity contribution is 5.95. The summed E-state index contributed by atoms with van der Waals surface area (Å²) in [6.45, 7) is 1.76. The number of nitrogens with zero attached hydrogens (tertiary/aromatic N) is 5. The number of hydrogen-bond acceptors (Lipinski definition) is 4. The summed E-state index contributed by atoms with van der Waals surface area (Å²) in [5.41, 5.74) is 5.43. The summed E-state index contributed by atoms with van der Waals surface area (Å²) in [6, 6.07) is 21.4. The molecular formula is C30H23F2N5O. The van der Waals surface area contributed by atoms with Crippen molar-refractivity contribution < 1.29 is 13.6 Å². The molecule has 3 heterocycles. The van der Waals surface area contributed by atoms with Gasteiger partial charge in [-0.3, -0.25) is 9.88 Å². The maximum absolute atomic E-state index is 13.7. The molecule has 188 valence electrons. The number of amides is 2. The lowest BCUT2D eigenvalue weighted by Gasteiger charge is -2.35. The summed E-state index contributed by atoms with van der Waals surface area (Å²) in [5, 5.41) is 0. The van der Waals surface area contributed by atoms with Gasteiger partial charge in [0.15, 0.2) is 0 Å². The molecular weight excluding hydrogens is 484 g/mol. The molecule has 5 aromatic rings. The maximum Gasteiger partial charge on any atom is 0.324 e. The second kappa shape index (κ2) is 9.97. The Kier molecular flexibility index (Phi) is 6.21. The van der Waals surface area contributed by atoms with Crippen LogP contribution in [0, 0.1) is 11.6 Å². The van der Waals surface area contributed by atoms with Crippen molar-refractivity contribution in [2.24, 2.45) is 0 Å². The van der Waals surface area contributed by atoms with E-state index in [2.05, 4.69) is 4.98 Å². The van der Waals surface area contributed by atoms with Crippen molar-refractivity contribution in [1.82, 2.24) is 19.9 Å². The van der Waals surface area contributed by atoms with Crippen molar-refractivity contribution in [2.45, 2.75) is 13.0 Å². The van der Waals surface area contributed by atoms with Crippen LogP contribution in [0.2, 0.25) is 0 Å². The van der Waals surface area contributed by atoms with Crippen LogP contribution in [0.5, 0.6) is 0 Å². The van der Waals surface area contributed by atoms with Crippen LogP contribution < -0.4 is 4.90 Å². The first-order valence-corrected chi connectivity index (χ1v) is 12.3. The Bertz CT molecular complexity index is 1610. The van der Waals surface area contributed by atoms with Gasteiger partial charge in [-0.05, 0) is 84.8 Å². The predicted octanol–water partition coefficient (Wildman–Crippen LogP) is 6.47. The molecule has 0 bridgehead atoms. The van der Waals surface area contributed by atoms with E-state index in [9.17, 15) is 13.6 Å². The summed E-state index contributed by atoms with van der Waals surface area (Å²) in [4.78, 5) is 30.9. The number of anilines is 1. The Hall–Kier alpha value is -4.72. The van der Waals surface area contributed by atoms with E-state index in [4.69, 9.17) is 9.97 Å². The van der Waals surface area contributed by atoms with Crippen LogP contribution in [0.4, 0.5) is 19.3 Å². The molecule has 1 saturated heterocycles. The summed E-state index contributed by atoms with van der Waals surface area (Å²) in [7, 11) is 0. The molecule has 0 unspecified atom stereocenters. The predicted molar refractivity (Wildman–Crippen MR) is 142 cm³/mol. The van der Waals surface area contributed by atoms with Gasteiger partial charge in [0.2, 0.25) is 0 Å². The third-order valence-electron chi connectivity index (χ3n) is 6.60. The third kappa shape index (κ3) is 4.68. The van der Waals surface area contributed by atoms with E-state index in [0.717, 1.165) is 17.7 Å². The molecule has 1 aliphatic rings. The van der Waals surface area contributed by atoms with Gasteiger partial charge in [0.25, 0.3) is 0 Å². The lowest BCUT2D eigenvalue weighted by molar-refractivity contribution is 0.192. The largest absolute Gasteiger partial charge is 0.324 e. The van der Waals surface area contributed by atoms with Gasteiger partial charge in [0.05, 0.1) is 22.4 Å². The maximum atomic E-state index is 13.7. The van der Waals surface area contributed by atoms with E-state index in [-0.39, 0.29) is 17.7 Å². The molecule has 0 aliphatic carbocycles. The van der Waals surface area contributed by atoms with Crippen molar-refractivity contribution in [3.63, 3.8) is 0 Å². The highest BCUT2D eigenvalue weighted by Crippen LogP contribution is 2.33. The van der Waals surface area contributed by atoms with Crippen molar-refractivity contribution in [2.75, 3.05) is 18.0 Å². The Morgan fingerprint density at radius 2 is 1.42 bits per heavy atom. The monoisotopic (exact) mass is 507 g/mol. The van der Waals surface area contributed by atoms with Crippen LogP contribution >= 0.6 is 0 Å². The number of benzene rings is 3. The zero-order chi connectivity index (χ0) is 26.1. The number of urea groups is 1. The van der Waals surface area contributed by atoms with Gasteiger partial charge in [0, 0.05) is 48.8 Å². The van der Waals surface area contributed by atoms with Crippen LogP contribution in [0.15, 0.2) is 91.3 Å². The van der Waals surface area contributed by atoms with Crippen LogP contribution in [0.25, 0.3) is 33.5 Å². The molecule has 6 nitrogen and oxygen atoms in total. The molecule has 2 amide bonds. The van der Waals surface area contributed by atoms with E-state index in [1.54, 1.807) is 41.6 Å². The SMILES string of the molecule is O=C1N(Cc2cccnc2)CCCN1c1ccc2nc(-c3ccc(F)cc3)c(-c3ccc(F)cc3)nc2c1. The molecule has 0 atom stereocenters. The number of carbonyl (C=O) groups is 1. The Balaban J connectivity index is 1.39. The van der Waals surface area contributed by atoms with Crippen molar-refractivity contribution in [1.29, 1.82) is 0 Å². The molecule has 1 fully saturated rings. The topological polar surface area (TPSA) is 62.2 Å². The van der Waals surface area contributed by atoms with E-state index in [1.807, 2.05) is 35.2 Å². The molecule has 38 heavy (non-hydrogen) atoms. The minimum Gasteiger partial charge on any atom is -0.320 e. The van der Waals surface area contributed by atoms with Gasteiger partial charge in [0.1, 0.15) is 11.6 Å². The van der Waals surface area contributed by atoms with Crippen LogP contribution in [-0.4, -0.2) is 39.0 Å². The van der Waals surface area contributed by atoms with Crippen molar-refractivity contribution in [3.8, 4) is 22.5 Å². The Morgan fingerprint density at radius 3 is 2.05 bits per heavy atom. The van der Waals surface area contributed by atoms with E-state index in [1.165, 1.54) is 24.3 Å². The van der Waals surface area contributed by atoms with Crippen LogP contribution in [0.3, 0.4) is 0 Å². The zero-order valence-electron chi connectivity index (χ0n) is 20.4. The van der Waals surface area contributed by atoms with Gasteiger partial charge in [-0.2, -0.15) is 0 Å². The van der Waals surface area contributed by atoms with Crippen molar-refractivity contribution >= 4 is 22.8 Å². The van der Waals surface area contributed by atoms with Gasteiger partial charge >= 0.3 is 6.03 Å². The number of rotatable bonds is 5. The van der Waals surface area contributed by atoms with Gasteiger partial charge in [-0.1, -0.05) is 6.07 Å². The lowest BCUT2D eigenvalue weighted by atomic mass is 10.0. The normalized spacial score (nSPS) is 13.8. The minimum atomic E-state index is -0.354. The fourth-order valence-electron chi connectivity index (χ4n) is 4.71. The highest BCUT2D eigenvalue weighted by Gasteiger charge is 2.27. The number of hydrogen-bond donors (Lipinski definition) is 0. The second-order valence-electron chi connectivity index (χ2n) is 9.18. The molecule has 6 rings (SSSR count). The molecule has 1 aliphatic heterocycles. The van der Waals surface area contributed by atoms with E-state index >= 15 is 0 Å². The fourth-order valence-corrected chi connectivity index (χ4v) is 4.71. The number of halogens is 2. The van der Waals surface area contributed by atoms with Crippen molar-refractivity contribution in [3.05, 3.63) is 108 Å². The molecule has 3 aromatic carbocycles. The minimum absolute atomic E-state index is 0.0749. The average molecular weight is 508 g/mol. The first-order chi connectivity index (χ1) is 18.5. The summed E-state index contributed by atoms with van der Waals surface area (Å²) in [5.74, 6) is -0.702. The summed E-state index contributed by atoms with van der Waals surface area (Å²) < 4.78 is 27.3. The van der Waals surface area contributed by atoms with E-state index in [0.29, 0.717) is 53.2 Å². The lowest BCUT2D eigenvalue weighted by Crippen LogP contribution is -2.49. The molecule has 0 spiro atoms. The Labute approximate surface area is 218 Å². The standard InChI is InChI=1S/C30H23F2N5O/c31-23-8-4-21(5-9-23)28-29(22-6-10-24(32)11-7-22)35-27-17-25(12-13-26(27)34-28)37-16-2-15-36(30(37)38)19-20-3-1-14-33-18-20/h1,3-14,17-18H,2,15-16,19H2. The number of carbonyl (C=O) groups excluding carboxylic acids is 1. The quantitative estimate of drug-likeness (QED) is 0.274. The first kappa shape index (κ1) is 23.7. The second-order valence-corrected chi connectivity index (χ2v) is 9.18. The zero-order valence-corrected chi connectivity index (χ0v) is 20.4. The fraction of sp³-hybridized carbons (Fsp3) is 0.133. The van der Waals surface area contributed by atoms with Crippen LogP contribution in [-0.2, 0) is 6.54 Å². The molecule has 0 saturated carbocycles. The third-order valence-corrected chi connectivity index (χ3v) is 6.60. The number of fused-ring (bicyclic) bond motifs is 1. The molecule has 2 aromatic heterocycles. The number of aromatic nitrogens is 3. The average Bonchev–Trinajstić information content (AvgIpc) is 2.95. The first-order valence-electron chi connectivity index (χ1n) is 12.3. The Morgan fingerprint density at radius 1 is 0.763 bits per heavy atom. The molecule has 0 N–H and O–H groups in total. The van der Waals surface area contributed by atoms with E-state index < -0.39 is 0 Å². The highest BCUT2D eigenvalue weighted by atomic mass is 19.1. The van der Waals surface area contributed by atoms with Gasteiger partial charge in [-0.25, -0.2) is 23.5 Å². The summed E-state index contributed by atoms with van der Waals surface area (Å²) in [6.07, 6.45) is 4.32. The molecule has 0 radical (unpaired) electrons.